The molecule has 9 nitrogen and oxygen atoms in total. The van der Waals surface area contributed by atoms with E-state index >= 15 is 0 Å². The molecule has 2 N–H and O–H groups in total. The van der Waals surface area contributed by atoms with Gasteiger partial charge >= 0.3 is 0 Å². The van der Waals surface area contributed by atoms with E-state index in [1.54, 1.807) is 60.8 Å². The summed E-state index contributed by atoms with van der Waals surface area (Å²) in [6, 6.07) is 25.3. The Morgan fingerprint density at radius 2 is 1.39 bits per heavy atom. The number of nitrogens with zero attached hydrogens (tertiary/aromatic N) is 3. The second-order valence-corrected chi connectivity index (χ2v) is 7.97. The lowest BCUT2D eigenvalue weighted by molar-refractivity contribution is -0.392. The molecule has 0 aliphatic carbocycles. The molecule has 0 spiro atoms. The van der Waals surface area contributed by atoms with Gasteiger partial charge in [0.15, 0.2) is 0 Å². The topological polar surface area (TPSA) is 131 Å². The first-order chi connectivity index (χ1) is 17.4. The number of benzene rings is 5. The summed E-state index contributed by atoms with van der Waals surface area (Å²) in [5.41, 5.74) is 0.801. The van der Waals surface area contributed by atoms with Gasteiger partial charge < -0.3 is 10.4 Å². The lowest BCUT2D eigenvalue weighted by atomic mass is 10.0. The zero-order chi connectivity index (χ0) is 25.2. The number of hydrogen-bond acceptors (Lipinski definition) is 7. The Balaban J connectivity index is 1.63. The highest BCUT2D eigenvalue weighted by atomic mass is 16.6. The average Bonchev–Trinajstić information content (AvgIpc) is 2.88. The van der Waals surface area contributed by atoms with Gasteiger partial charge in [0.1, 0.15) is 11.4 Å². The number of nitrogens with one attached hydrogen (secondary N) is 1. The molecule has 36 heavy (non-hydrogen) atoms. The maximum absolute atomic E-state index is 11.9. The molecule has 0 aromatic heterocycles. The monoisotopic (exact) mass is 478 g/mol. The van der Waals surface area contributed by atoms with E-state index in [1.807, 2.05) is 30.3 Å². The fourth-order valence-electron chi connectivity index (χ4n) is 4.15. The van der Waals surface area contributed by atoms with E-state index < -0.39 is 15.5 Å². The maximum Gasteiger partial charge on any atom is 0.300 e. The molecule has 5 aromatic carbocycles. The minimum Gasteiger partial charge on any atom is -0.507 e. The van der Waals surface area contributed by atoms with Crippen molar-refractivity contribution in [1.82, 2.24) is 0 Å². The fraction of sp³-hybridized carbons (Fsp3) is 0. The highest BCUT2D eigenvalue weighted by molar-refractivity contribution is 6.06. The predicted octanol–water partition coefficient (Wildman–Crippen LogP) is 7.01. The molecule has 0 atom stereocenters. The Labute approximate surface area is 204 Å². The van der Waals surface area contributed by atoms with Gasteiger partial charge in [-0.25, -0.2) is 0 Å². The van der Waals surface area contributed by atoms with Crippen molar-refractivity contribution in [2.75, 3.05) is 5.32 Å². The molecule has 0 aliphatic rings. The Hall–Kier alpha value is -5.31. The molecule has 0 saturated heterocycles. The molecular weight excluding hydrogens is 460 g/mol. The standard InChI is InChI=1S/C27H18N4O5/c32-26-14-13-17-7-1-2-8-18(17)21(26)16-28-22-11-5-6-12-23(22)29-27-20-10-4-3-9-19(20)24(30(33)34)15-25(27)31(35)36/h1-16,29,32H. The first kappa shape index (κ1) is 22.5. The van der Waals surface area contributed by atoms with Crippen LogP contribution in [0.1, 0.15) is 5.56 Å². The summed E-state index contributed by atoms with van der Waals surface area (Å²) in [5.74, 6) is 0.0693. The smallest absolute Gasteiger partial charge is 0.300 e. The number of hydrogen-bond donors (Lipinski definition) is 2. The lowest BCUT2D eigenvalue weighted by Gasteiger charge is -2.13. The quantitative estimate of drug-likeness (QED) is 0.153. The van der Waals surface area contributed by atoms with Gasteiger partial charge in [0.25, 0.3) is 11.4 Å². The summed E-state index contributed by atoms with van der Waals surface area (Å²) in [4.78, 5) is 26.7. The highest BCUT2D eigenvalue weighted by Crippen LogP contribution is 2.42. The van der Waals surface area contributed by atoms with Crippen molar-refractivity contribution in [3.05, 3.63) is 117 Å². The van der Waals surface area contributed by atoms with Gasteiger partial charge in [-0.1, -0.05) is 60.7 Å². The lowest BCUT2D eigenvalue weighted by Crippen LogP contribution is -2.01. The number of non-ortho nitro benzene ring substituents is 1. The van der Waals surface area contributed by atoms with E-state index in [1.165, 1.54) is 0 Å². The van der Waals surface area contributed by atoms with Crippen LogP contribution in [0.2, 0.25) is 0 Å². The number of nitro groups is 2. The van der Waals surface area contributed by atoms with Gasteiger partial charge in [-0.3, -0.25) is 25.2 Å². The van der Waals surface area contributed by atoms with Crippen molar-refractivity contribution in [3.8, 4) is 5.75 Å². The molecule has 0 unspecified atom stereocenters. The Kier molecular flexibility index (Phi) is 5.71. The van der Waals surface area contributed by atoms with Crippen molar-refractivity contribution in [3.63, 3.8) is 0 Å². The van der Waals surface area contributed by atoms with Gasteiger partial charge in [-0.2, -0.15) is 0 Å². The number of phenolic OH excluding ortho intramolecular Hbond substituents is 1. The Bertz CT molecular complexity index is 1700. The summed E-state index contributed by atoms with van der Waals surface area (Å²) in [5, 5.41) is 39.3. The van der Waals surface area contributed by atoms with Crippen molar-refractivity contribution < 1.29 is 15.0 Å². The van der Waals surface area contributed by atoms with Crippen LogP contribution in [0, 0.1) is 20.2 Å². The number of para-hydroxylation sites is 2. The van der Waals surface area contributed by atoms with Gasteiger partial charge in [0.2, 0.25) is 0 Å². The van der Waals surface area contributed by atoms with Crippen molar-refractivity contribution in [2.24, 2.45) is 4.99 Å². The van der Waals surface area contributed by atoms with Crippen LogP contribution < -0.4 is 5.32 Å². The Morgan fingerprint density at radius 1 is 0.750 bits per heavy atom. The van der Waals surface area contributed by atoms with Crippen molar-refractivity contribution in [2.45, 2.75) is 0 Å². The average molecular weight is 478 g/mol. The molecule has 0 saturated carbocycles. The number of aromatic hydroxyl groups is 1. The highest BCUT2D eigenvalue weighted by Gasteiger charge is 2.26. The van der Waals surface area contributed by atoms with Crippen LogP contribution >= 0.6 is 0 Å². The zero-order valence-corrected chi connectivity index (χ0v) is 18.7. The van der Waals surface area contributed by atoms with Crippen LogP contribution in [0.3, 0.4) is 0 Å². The number of fused-ring (bicyclic) bond motifs is 2. The third-order valence-corrected chi connectivity index (χ3v) is 5.84. The molecule has 0 aliphatic heterocycles. The molecule has 0 fully saturated rings. The molecule has 0 bridgehead atoms. The molecular formula is C27H18N4O5. The largest absolute Gasteiger partial charge is 0.507 e. The summed E-state index contributed by atoms with van der Waals surface area (Å²) in [6.45, 7) is 0. The van der Waals surface area contributed by atoms with E-state index in [-0.39, 0.29) is 22.5 Å². The molecule has 0 heterocycles. The minimum atomic E-state index is -0.651. The molecule has 0 radical (unpaired) electrons. The SMILES string of the molecule is O=[N+]([O-])c1cc([N+](=O)[O-])c2ccccc2c1Nc1ccccc1N=Cc1c(O)ccc2ccccc12. The number of phenols is 1. The number of aliphatic imine (C=N–C) groups is 1. The van der Waals surface area contributed by atoms with Gasteiger partial charge in [-0.15, -0.1) is 0 Å². The third kappa shape index (κ3) is 4.05. The Morgan fingerprint density at radius 3 is 2.14 bits per heavy atom. The maximum atomic E-state index is 11.9. The normalized spacial score (nSPS) is 11.2. The minimum absolute atomic E-state index is 0.0693. The van der Waals surface area contributed by atoms with Crippen LogP contribution in [-0.2, 0) is 0 Å². The van der Waals surface area contributed by atoms with Crippen LogP contribution in [0.25, 0.3) is 21.5 Å². The van der Waals surface area contributed by atoms with E-state index in [0.29, 0.717) is 22.3 Å². The summed E-state index contributed by atoms with van der Waals surface area (Å²) >= 11 is 0. The molecule has 5 aromatic rings. The van der Waals surface area contributed by atoms with Gasteiger partial charge in [0.05, 0.1) is 32.7 Å². The first-order valence-corrected chi connectivity index (χ1v) is 10.9. The van der Waals surface area contributed by atoms with E-state index in [4.69, 9.17) is 0 Å². The summed E-state index contributed by atoms with van der Waals surface area (Å²) in [7, 11) is 0. The summed E-state index contributed by atoms with van der Waals surface area (Å²) < 4.78 is 0. The van der Waals surface area contributed by atoms with Crippen LogP contribution in [0.4, 0.5) is 28.4 Å². The molecule has 9 heteroatoms. The molecule has 176 valence electrons. The number of rotatable bonds is 6. The molecule has 0 amide bonds. The fourth-order valence-corrected chi connectivity index (χ4v) is 4.15. The van der Waals surface area contributed by atoms with Crippen LogP contribution in [0.15, 0.2) is 96.0 Å². The predicted molar refractivity (Wildman–Crippen MR) is 140 cm³/mol. The number of anilines is 2. The van der Waals surface area contributed by atoms with Crippen molar-refractivity contribution >= 4 is 56.2 Å². The summed E-state index contributed by atoms with van der Waals surface area (Å²) in [6.07, 6.45) is 1.54. The second-order valence-electron chi connectivity index (χ2n) is 7.97. The van der Waals surface area contributed by atoms with Crippen molar-refractivity contribution in [1.29, 1.82) is 0 Å². The van der Waals surface area contributed by atoms with E-state index in [9.17, 15) is 25.3 Å². The molecule has 5 rings (SSSR count). The third-order valence-electron chi connectivity index (χ3n) is 5.84. The van der Waals surface area contributed by atoms with Gasteiger partial charge in [-0.05, 0) is 35.0 Å². The van der Waals surface area contributed by atoms with Gasteiger partial charge in [0, 0.05) is 17.2 Å². The van der Waals surface area contributed by atoms with Crippen LogP contribution in [0.5, 0.6) is 5.75 Å². The second kappa shape index (κ2) is 9.15. The first-order valence-electron chi connectivity index (χ1n) is 10.9. The zero-order valence-electron chi connectivity index (χ0n) is 18.7. The van der Waals surface area contributed by atoms with Crippen LogP contribution in [-0.4, -0.2) is 21.2 Å². The van der Waals surface area contributed by atoms with E-state index in [2.05, 4.69) is 10.3 Å². The number of nitro benzene ring substituents is 2. The van der Waals surface area contributed by atoms with E-state index in [0.717, 1.165) is 16.8 Å².